The van der Waals surface area contributed by atoms with Gasteiger partial charge in [0.05, 0.1) is 14.2 Å². The van der Waals surface area contributed by atoms with Crippen LogP contribution < -0.4 is 34.0 Å². The van der Waals surface area contributed by atoms with Crippen LogP contribution in [0.15, 0.2) is 297 Å². The third-order valence-electron chi connectivity index (χ3n) is 13.2. The molecule has 0 fully saturated rings. The highest BCUT2D eigenvalue weighted by atomic mass is 16.5. The molecule has 0 aliphatic carbocycles. The second-order valence-electron chi connectivity index (χ2n) is 17.8. The van der Waals surface area contributed by atoms with Crippen molar-refractivity contribution in [2.75, 3.05) is 38.7 Å². The first-order valence-corrected chi connectivity index (χ1v) is 25.1. The SMILES string of the molecule is COc1ccc(N(c2ccccc2)c2ccc(N(c3ccccc3)c3ccc(N(c4ccccc4)c4ccc(N(c5ccccc5)c5ccc(N(c6ccccc6)c6ccc(OC)cc6)cc5)cc4)cc3)cc2)cc1. The van der Waals surface area contributed by atoms with Crippen LogP contribution in [0.25, 0.3) is 0 Å². The number of ether oxygens (including phenoxy) is 2. The minimum absolute atomic E-state index is 0.818. The molecule has 0 aliphatic heterocycles. The molecular weight excluding hydrogens is 919 g/mol. The van der Waals surface area contributed by atoms with E-state index in [-0.39, 0.29) is 0 Å². The average molecular weight is 974 g/mol. The lowest BCUT2D eigenvalue weighted by Crippen LogP contribution is -2.13. The molecular formula is C68H55N5O2. The summed E-state index contributed by atoms with van der Waals surface area (Å²) >= 11 is 0. The molecule has 0 unspecified atom stereocenters. The van der Waals surface area contributed by atoms with E-state index < -0.39 is 0 Å². The van der Waals surface area contributed by atoms with E-state index in [4.69, 9.17) is 9.47 Å². The van der Waals surface area contributed by atoms with Crippen LogP contribution in [0.1, 0.15) is 0 Å². The molecule has 0 atom stereocenters. The Labute approximate surface area is 440 Å². The zero-order valence-corrected chi connectivity index (χ0v) is 41.8. The van der Waals surface area contributed by atoms with E-state index in [0.717, 1.165) is 96.8 Å². The number of methoxy groups -OCH3 is 2. The molecule has 75 heavy (non-hydrogen) atoms. The molecule has 0 radical (unpaired) electrons. The molecule has 11 aromatic rings. The van der Waals surface area contributed by atoms with E-state index in [1.807, 2.05) is 36.4 Å². The van der Waals surface area contributed by atoms with Gasteiger partial charge in [0, 0.05) is 85.3 Å². The third-order valence-corrected chi connectivity index (χ3v) is 13.2. The smallest absolute Gasteiger partial charge is 0.119 e. The predicted octanol–water partition coefficient (Wildman–Crippen LogP) is 19.1. The standard InChI is InChI=1S/C68H55N5O2/c1-74-67-48-44-65(45-49-67)72(55-24-14-6-15-25-55)63-40-36-61(37-41-63)70(53-20-10-4-11-21-53)59-32-28-57(29-33-59)69(52-18-8-3-9-19-52)58-30-34-60(35-31-58)71(54-22-12-5-13-23-54)62-38-42-64(43-39-62)73(56-26-16-7-17-27-56)66-46-50-68(75-2)51-47-66/h3-51H,1-2H3. The largest absolute Gasteiger partial charge is 0.497 e. The van der Waals surface area contributed by atoms with Gasteiger partial charge in [0.1, 0.15) is 11.5 Å². The van der Waals surface area contributed by atoms with Crippen molar-refractivity contribution in [3.05, 3.63) is 297 Å². The Morgan fingerprint density at radius 2 is 0.280 bits per heavy atom. The van der Waals surface area contributed by atoms with Crippen LogP contribution in [-0.2, 0) is 0 Å². The molecule has 364 valence electrons. The fraction of sp³-hybridized carbons (Fsp3) is 0.0294. The van der Waals surface area contributed by atoms with Crippen molar-refractivity contribution >= 4 is 85.3 Å². The van der Waals surface area contributed by atoms with Gasteiger partial charge in [-0.3, -0.25) is 0 Å². The maximum atomic E-state index is 5.49. The van der Waals surface area contributed by atoms with Crippen molar-refractivity contribution in [2.45, 2.75) is 0 Å². The predicted molar refractivity (Wildman–Crippen MR) is 313 cm³/mol. The summed E-state index contributed by atoms with van der Waals surface area (Å²) in [5.41, 5.74) is 15.7. The summed E-state index contributed by atoms with van der Waals surface area (Å²) in [7, 11) is 3.39. The van der Waals surface area contributed by atoms with Crippen molar-refractivity contribution in [3.8, 4) is 11.5 Å². The van der Waals surface area contributed by atoms with Gasteiger partial charge in [-0.2, -0.15) is 0 Å². The van der Waals surface area contributed by atoms with Gasteiger partial charge in [0.15, 0.2) is 0 Å². The number of anilines is 15. The van der Waals surface area contributed by atoms with Gasteiger partial charge in [0.25, 0.3) is 0 Å². The van der Waals surface area contributed by atoms with Gasteiger partial charge in [-0.15, -0.1) is 0 Å². The summed E-state index contributed by atoms with van der Waals surface area (Å²) < 4.78 is 11.0. The van der Waals surface area contributed by atoms with Gasteiger partial charge in [-0.25, -0.2) is 0 Å². The quantitative estimate of drug-likeness (QED) is 0.0899. The zero-order chi connectivity index (χ0) is 50.8. The first-order chi connectivity index (χ1) is 37.1. The second-order valence-corrected chi connectivity index (χ2v) is 17.8. The monoisotopic (exact) mass is 973 g/mol. The average Bonchev–Trinajstić information content (AvgIpc) is 3.49. The summed E-state index contributed by atoms with van der Waals surface area (Å²) in [5, 5.41) is 0. The summed E-state index contributed by atoms with van der Waals surface area (Å²) in [6.07, 6.45) is 0. The molecule has 0 heterocycles. The number of benzene rings is 11. The topological polar surface area (TPSA) is 34.7 Å². The molecule has 7 heteroatoms. The Bertz CT molecular complexity index is 3290. The van der Waals surface area contributed by atoms with Crippen molar-refractivity contribution in [1.29, 1.82) is 0 Å². The van der Waals surface area contributed by atoms with Crippen molar-refractivity contribution < 1.29 is 9.47 Å². The van der Waals surface area contributed by atoms with Crippen molar-refractivity contribution in [1.82, 2.24) is 0 Å². The summed E-state index contributed by atoms with van der Waals surface area (Å²) in [6.45, 7) is 0. The number of rotatable bonds is 17. The van der Waals surface area contributed by atoms with Crippen LogP contribution in [0.3, 0.4) is 0 Å². The van der Waals surface area contributed by atoms with Crippen LogP contribution in [0.2, 0.25) is 0 Å². The molecule has 0 spiro atoms. The Kier molecular flexibility index (Phi) is 14.0. The Morgan fingerprint density at radius 3 is 0.413 bits per heavy atom. The van der Waals surface area contributed by atoms with Crippen LogP contribution in [-0.4, -0.2) is 14.2 Å². The molecule has 11 aromatic carbocycles. The molecule has 11 rings (SSSR count). The van der Waals surface area contributed by atoms with Crippen LogP contribution in [0.4, 0.5) is 85.3 Å². The molecule has 7 nitrogen and oxygen atoms in total. The number of nitrogens with zero attached hydrogens (tertiary/aromatic N) is 5. The van der Waals surface area contributed by atoms with Crippen LogP contribution in [0, 0.1) is 0 Å². The van der Waals surface area contributed by atoms with Crippen LogP contribution >= 0.6 is 0 Å². The van der Waals surface area contributed by atoms with E-state index in [9.17, 15) is 0 Å². The minimum Gasteiger partial charge on any atom is -0.497 e. The fourth-order valence-electron chi connectivity index (χ4n) is 9.59. The Morgan fingerprint density at radius 1 is 0.160 bits per heavy atom. The Balaban J connectivity index is 0.910. The molecule has 0 saturated heterocycles. The maximum absolute atomic E-state index is 5.49. The number of hydrogen-bond acceptors (Lipinski definition) is 7. The number of para-hydroxylation sites is 5. The summed E-state index contributed by atoms with van der Waals surface area (Å²) in [6, 6.07) is 104. The van der Waals surface area contributed by atoms with Gasteiger partial charge < -0.3 is 34.0 Å². The maximum Gasteiger partial charge on any atom is 0.119 e. The summed E-state index contributed by atoms with van der Waals surface area (Å²) in [5.74, 6) is 1.64. The molecule has 0 saturated carbocycles. The highest BCUT2D eigenvalue weighted by Gasteiger charge is 2.20. The highest BCUT2D eigenvalue weighted by Crippen LogP contribution is 2.44. The van der Waals surface area contributed by atoms with Crippen molar-refractivity contribution in [2.24, 2.45) is 0 Å². The highest BCUT2D eigenvalue weighted by molar-refractivity contribution is 5.86. The van der Waals surface area contributed by atoms with E-state index in [1.165, 1.54) is 0 Å². The van der Waals surface area contributed by atoms with E-state index >= 15 is 0 Å². The molecule has 0 bridgehead atoms. The Hall–Kier alpha value is -9.98. The number of hydrogen-bond donors (Lipinski definition) is 0. The van der Waals surface area contributed by atoms with Gasteiger partial charge in [-0.1, -0.05) is 91.0 Å². The van der Waals surface area contributed by atoms with E-state index in [2.05, 4.69) is 285 Å². The fourth-order valence-corrected chi connectivity index (χ4v) is 9.59. The van der Waals surface area contributed by atoms with Gasteiger partial charge >= 0.3 is 0 Å². The van der Waals surface area contributed by atoms with E-state index in [0.29, 0.717) is 0 Å². The summed E-state index contributed by atoms with van der Waals surface area (Å²) in [4.78, 5) is 11.4. The zero-order valence-electron chi connectivity index (χ0n) is 41.8. The lowest BCUT2D eigenvalue weighted by atomic mass is 10.1. The van der Waals surface area contributed by atoms with Gasteiger partial charge in [-0.05, 0) is 206 Å². The van der Waals surface area contributed by atoms with E-state index in [1.54, 1.807) is 14.2 Å². The lowest BCUT2D eigenvalue weighted by molar-refractivity contribution is 0.414. The molecule has 0 aliphatic rings. The van der Waals surface area contributed by atoms with Crippen molar-refractivity contribution in [3.63, 3.8) is 0 Å². The molecule has 0 amide bonds. The first kappa shape index (κ1) is 47.4. The molecule has 0 aromatic heterocycles. The third kappa shape index (κ3) is 10.4. The minimum atomic E-state index is 0.818. The normalized spacial score (nSPS) is 10.8. The lowest BCUT2D eigenvalue weighted by Gasteiger charge is -2.30. The molecule has 0 N–H and O–H groups in total. The van der Waals surface area contributed by atoms with Crippen LogP contribution in [0.5, 0.6) is 11.5 Å². The first-order valence-electron chi connectivity index (χ1n) is 25.1. The second kappa shape index (κ2) is 22.2. The van der Waals surface area contributed by atoms with Gasteiger partial charge in [0.2, 0.25) is 0 Å².